The van der Waals surface area contributed by atoms with Crippen molar-refractivity contribution in [3.05, 3.63) is 142 Å². The molecule has 5 aromatic carbocycles. The minimum absolute atomic E-state index is 1.05. The summed E-state index contributed by atoms with van der Waals surface area (Å²) in [7, 11) is 0. The fourth-order valence-electron chi connectivity index (χ4n) is 4.03. The van der Waals surface area contributed by atoms with E-state index in [1.807, 2.05) is 12.1 Å². The Balaban J connectivity index is 1.74. The Labute approximate surface area is 217 Å². The van der Waals surface area contributed by atoms with Crippen molar-refractivity contribution in [2.75, 3.05) is 9.80 Å². The zero-order chi connectivity index (χ0) is 23.3. The van der Waals surface area contributed by atoms with Gasteiger partial charge in [0.2, 0.25) is 0 Å². The molecule has 166 valence electrons. The van der Waals surface area contributed by atoms with Crippen LogP contribution in [-0.4, -0.2) is 0 Å². The Morgan fingerprint density at radius 3 is 0.971 bits per heavy atom. The van der Waals surface area contributed by atoms with Crippen molar-refractivity contribution in [3.63, 3.8) is 0 Å². The molecule has 0 aliphatic heterocycles. The molecule has 0 N–H and O–H groups in total. The smallest absolute Gasteiger partial charge is 0.0702 e. The van der Waals surface area contributed by atoms with Crippen LogP contribution in [0.1, 0.15) is 0 Å². The van der Waals surface area contributed by atoms with E-state index in [1.165, 1.54) is 0 Å². The van der Waals surface area contributed by atoms with Gasteiger partial charge in [0.15, 0.2) is 0 Å². The van der Waals surface area contributed by atoms with E-state index in [0.717, 1.165) is 43.1 Å². The Morgan fingerprint density at radius 1 is 0.324 bits per heavy atom. The number of rotatable bonds is 6. The minimum Gasteiger partial charge on any atom is -0.308 e. The molecular weight excluding hydrogens is 548 g/mol. The van der Waals surface area contributed by atoms with Crippen molar-refractivity contribution in [2.45, 2.75) is 0 Å². The maximum absolute atomic E-state index is 3.58. The van der Waals surface area contributed by atoms with E-state index in [-0.39, 0.29) is 0 Å². The summed E-state index contributed by atoms with van der Waals surface area (Å²) in [5.41, 5.74) is 6.55. The van der Waals surface area contributed by atoms with E-state index in [1.54, 1.807) is 0 Å². The summed E-state index contributed by atoms with van der Waals surface area (Å²) in [5, 5.41) is 0. The largest absolute Gasteiger partial charge is 0.308 e. The van der Waals surface area contributed by atoms with Crippen LogP contribution in [-0.2, 0) is 0 Å². The van der Waals surface area contributed by atoms with Gasteiger partial charge >= 0.3 is 0 Å². The van der Waals surface area contributed by atoms with Gasteiger partial charge in [0, 0.05) is 31.7 Å². The van der Waals surface area contributed by atoms with Crippen LogP contribution in [0.25, 0.3) is 0 Å². The first kappa shape index (κ1) is 22.5. The van der Waals surface area contributed by atoms with Crippen LogP contribution in [0.4, 0.5) is 34.1 Å². The molecule has 0 aromatic heterocycles. The third kappa shape index (κ3) is 4.79. The van der Waals surface area contributed by atoms with Crippen LogP contribution in [0.5, 0.6) is 0 Å². The minimum atomic E-state index is 1.05. The van der Waals surface area contributed by atoms with E-state index in [9.17, 15) is 0 Å². The van der Waals surface area contributed by atoms with E-state index in [0.29, 0.717) is 0 Å². The van der Waals surface area contributed by atoms with Crippen molar-refractivity contribution >= 4 is 66.0 Å². The molecule has 0 spiro atoms. The van der Waals surface area contributed by atoms with Gasteiger partial charge in [0.1, 0.15) is 0 Å². The molecule has 0 aliphatic rings. The Morgan fingerprint density at radius 2 is 0.618 bits per heavy atom. The molecule has 5 rings (SSSR count). The second-order valence-corrected chi connectivity index (χ2v) is 9.61. The van der Waals surface area contributed by atoms with Crippen LogP contribution in [0.2, 0.25) is 0 Å². The maximum atomic E-state index is 3.58. The quantitative estimate of drug-likeness (QED) is 0.201. The first-order valence-electron chi connectivity index (χ1n) is 11.0. The Kier molecular flexibility index (Phi) is 6.79. The highest BCUT2D eigenvalue weighted by atomic mass is 79.9. The predicted molar refractivity (Wildman–Crippen MR) is 151 cm³/mol. The molecule has 5 aromatic rings. The lowest BCUT2D eigenvalue weighted by Gasteiger charge is -2.33. The third-order valence-electron chi connectivity index (χ3n) is 5.56. The van der Waals surface area contributed by atoms with E-state index < -0.39 is 0 Å². The third-order valence-corrected chi connectivity index (χ3v) is 6.62. The summed E-state index contributed by atoms with van der Waals surface area (Å²) >= 11 is 7.16. The molecule has 0 bridgehead atoms. The van der Waals surface area contributed by atoms with Crippen LogP contribution in [0.15, 0.2) is 142 Å². The predicted octanol–water partition coefficient (Wildman–Crippen LogP) is 10.2. The maximum Gasteiger partial charge on any atom is 0.0702 e. The lowest BCUT2D eigenvalue weighted by molar-refractivity contribution is 1.22. The molecule has 34 heavy (non-hydrogen) atoms. The standard InChI is InChI=1S/C30H22Br2N2/c31-23-15-19-27(20-16-23)33(25-9-3-1-4-10-25)29-13-7-8-14-30(29)34(26-11-5-2-6-12-26)28-21-17-24(32)18-22-28/h1-22H. The summed E-state index contributed by atoms with van der Waals surface area (Å²) in [6.07, 6.45) is 0. The Hall–Kier alpha value is -3.34. The summed E-state index contributed by atoms with van der Waals surface area (Å²) in [5.74, 6) is 0. The van der Waals surface area contributed by atoms with Crippen molar-refractivity contribution in [1.29, 1.82) is 0 Å². The molecule has 0 amide bonds. The summed E-state index contributed by atoms with van der Waals surface area (Å²) in [6, 6.07) is 46.4. The Bertz CT molecular complexity index is 1250. The molecule has 0 saturated heterocycles. The molecule has 0 radical (unpaired) electrons. The number of hydrogen-bond donors (Lipinski definition) is 0. The highest BCUT2D eigenvalue weighted by Crippen LogP contribution is 2.45. The van der Waals surface area contributed by atoms with Crippen molar-refractivity contribution in [2.24, 2.45) is 0 Å². The number of halogens is 2. The van der Waals surface area contributed by atoms with Gasteiger partial charge in [-0.1, -0.05) is 80.4 Å². The number of nitrogens with zero attached hydrogens (tertiary/aromatic N) is 2. The summed E-state index contributed by atoms with van der Waals surface area (Å²) < 4.78 is 2.11. The number of benzene rings is 5. The van der Waals surface area contributed by atoms with Crippen LogP contribution >= 0.6 is 31.9 Å². The molecule has 0 unspecified atom stereocenters. The fraction of sp³-hybridized carbons (Fsp3) is 0. The average molecular weight is 570 g/mol. The van der Waals surface area contributed by atoms with Gasteiger partial charge in [-0.2, -0.15) is 0 Å². The number of anilines is 6. The van der Waals surface area contributed by atoms with E-state index in [2.05, 4.69) is 163 Å². The molecular formula is C30H22Br2N2. The normalized spacial score (nSPS) is 10.6. The second-order valence-electron chi connectivity index (χ2n) is 7.78. The highest BCUT2D eigenvalue weighted by molar-refractivity contribution is 9.10. The van der Waals surface area contributed by atoms with Crippen LogP contribution in [0.3, 0.4) is 0 Å². The second kappa shape index (κ2) is 10.3. The SMILES string of the molecule is Brc1ccc(N(c2ccccc2)c2ccccc2N(c2ccccc2)c2ccc(Br)cc2)cc1. The molecule has 0 aliphatic carbocycles. The van der Waals surface area contributed by atoms with Crippen molar-refractivity contribution in [1.82, 2.24) is 0 Å². The zero-order valence-electron chi connectivity index (χ0n) is 18.4. The van der Waals surface area contributed by atoms with Crippen LogP contribution < -0.4 is 9.80 Å². The van der Waals surface area contributed by atoms with Gasteiger partial charge in [-0.25, -0.2) is 0 Å². The lowest BCUT2D eigenvalue weighted by atomic mass is 10.1. The lowest BCUT2D eigenvalue weighted by Crippen LogP contribution is -2.16. The molecule has 2 nitrogen and oxygen atoms in total. The van der Waals surface area contributed by atoms with Crippen molar-refractivity contribution < 1.29 is 0 Å². The van der Waals surface area contributed by atoms with Crippen molar-refractivity contribution in [3.8, 4) is 0 Å². The summed E-state index contributed by atoms with van der Waals surface area (Å²) in [4.78, 5) is 4.60. The topological polar surface area (TPSA) is 6.48 Å². The number of para-hydroxylation sites is 4. The highest BCUT2D eigenvalue weighted by Gasteiger charge is 2.21. The van der Waals surface area contributed by atoms with E-state index in [4.69, 9.17) is 0 Å². The van der Waals surface area contributed by atoms with Gasteiger partial charge in [-0.15, -0.1) is 0 Å². The first-order chi connectivity index (χ1) is 16.7. The van der Waals surface area contributed by atoms with E-state index >= 15 is 0 Å². The molecule has 0 fully saturated rings. The zero-order valence-corrected chi connectivity index (χ0v) is 21.5. The summed E-state index contributed by atoms with van der Waals surface area (Å²) in [6.45, 7) is 0. The van der Waals surface area contributed by atoms with Gasteiger partial charge in [-0.3, -0.25) is 0 Å². The monoisotopic (exact) mass is 568 g/mol. The van der Waals surface area contributed by atoms with Crippen LogP contribution in [0, 0.1) is 0 Å². The number of hydrogen-bond acceptors (Lipinski definition) is 2. The molecule has 0 atom stereocenters. The van der Waals surface area contributed by atoms with Gasteiger partial charge < -0.3 is 9.80 Å². The van der Waals surface area contributed by atoms with Gasteiger partial charge in [0.05, 0.1) is 11.4 Å². The van der Waals surface area contributed by atoms with Gasteiger partial charge in [-0.05, 0) is 84.9 Å². The average Bonchev–Trinajstić information content (AvgIpc) is 2.89. The molecule has 0 saturated carbocycles. The fourth-order valence-corrected chi connectivity index (χ4v) is 4.56. The molecule has 0 heterocycles. The first-order valence-corrected chi connectivity index (χ1v) is 12.6. The van der Waals surface area contributed by atoms with Gasteiger partial charge in [0.25, 0.3) is 0 Å². The molecule has 4 heteroatoms.